The van der Waals surface area contributed by atoms with Gasteiger partial charge in [-0.1, -0.05) is 0 Å². The zero-order valence-electron chi connectivity index (χ0n) is 10.3. The lowest BCUT2D eigenvalue weighted by molar-refractivity contribution is 0.546. The van der Waals surface area contributed by atoms with Crippen molar-refractivity contribution in [2.24, 2.45) is 0 Å². The highest BCUT2D eigenvalue weighted by atomic mass is 32.2. The van der Waals surface area contributed by atoms with Crippen LogP contribution in [0.2, 0.25) is 0 Å². The molecule has 1 N–H and O–H groups in total. The SMILES string of the molecule is O=S(=O)(NCCc1cncnc1)c1cc(F)ccc1F. The number of hydrogen-bond donors (Lipinski definition) is 1. The predicted octanol–water partition coefficient (Wildman–Crippen LogP) is 1.28. The number of aromatic nitrogens is 2. The van der Waals surface area contributed by atoms with Crippen molar-refractivity contribution in [2.75, 3.05) is 6.54 Å². The third-order valence-electron chi connectivity index (χ3n) is 2.50. The molecule has 1 aromatic heterocycles. The zero-order valence-corrected chi connectivity index (χ0v) is 11.1. The summed E-state index contributed by atoms with van der Waals surface area (Å²) in [7, 11) is -4.09. The van der Waals surface area contributed by atoms with Gasteiger partial charge in [-0.05, 0) is 30.2 Å². The number of nitrogens with one attached hydrogen (secondary N) is 1. The van der Waals surface area contributed by atoms with Crippen LogP contribution in [-0.4, -0.2) is 24.9 Å². The summed E-state index contributed by atoms with van der Waals surface area (Å²) in [5.74, 6) is -1.81. The molecule has 0 bridgehead atoms. The molecule has 1 aromatic carbocycles. The van der Waals surface area contributed by atoms with Crippen LogP contribution in [0.5, 0.6) is 0 Å². The minimum atomic E-state index is -4.09. The highest BCUT2D eigenvalue weighted by Gasteiger charge is 2.19. The molecule has 2 aromatic rings. The zero-order chi connectivity index (χ0) is 14.6. The van der Waals surface area contributed by atoms with Crippen molar-refractivity contribution in [3.8, 4) is 0 Å². The summed E-state index contributed by atoms with van der Waals surface area (Å²) in [5.41, 5.74) is 0.731. The minimum Gasteiger partial charge on any atom is -0.245 e. The standard InChI is InChI=1S/C12H11F2N3O2S/c13-10-1-2-11(14)12(5-10)20(18,19)17-4-3-9-6-15-8-16-7-9/h1-2,5-8,17H,3-4H2. The van der Waals surface area contributed by atoms with Crippen LogP contribution in [0.25, 0.3) is 0 Å². The second-order valence-corrected chi connectivity index (χ2v) is 5.70. The Kier molecular flexibility index (Phi) is 4.35. The summed E-state index contributed by atoms with van der Waals surface area (Å²) in [6.45, 7) is 0.0334. The Morgan fingerprint density at radius 1 is 1.15 bits per heavy atom. The smallest absolute Gasteiger partial charge is 0.243 e. The first-order valence-electron chi connectivity index (χ1n) is 5.67. The van der Waals surface area contributed by atoms with E-state index in [4.69, 9.17) is 0 Å². The number of benzene rings is 1. The number of rotatable bonds is 5. The fourth-order valence-corrected chi connectivity index (χ4v) is 2.67. The van der Waals surface area contributed by atoms with Crippen LogP contribution in [-0.2, 0) is 16.4 Å². The quantitative estimate of drug-likeness (QED) is 0.902. The van der Waals surface area contributed by atoms with Gasteiger partial charge < -0.3 is 0 Å². The number of nitrogens with zero attached hydrogens (tertiary/aromatic N) is 2. The summed E-state index contributed by atoms with van der Waals surface area (Å²) >= 11 is 0. The lowest BCUT2D eigenvalue weighted by Crippen LogP contribution is -2.27. The molecular weight excluding hydrogens is 288 g/mol. The number of halogens is 2. The van der Waals surface area contributed by atoms with Crippen LogP contribution < -0.4 is 4.72 Å². The number of hydrogen-bond acceptors (Lipinski definition) is 4. The first kappa shape index (κ1) is 14.5. The Morgan fingerprint density at radius 2 is 1.85 bits per heavy atom. The molecule has 0 saturated heterocycles. The van der Waals surface area contributed by atoms with Crippen molar-refractivity contribution in [3.05, 3.63) is 54.1 Å². The summed E-state index contributed by atoms with van der Waals surface area (Å²) < 4.78 is 52.3. The van der Waals surface area contributed by atoms with Gasteiger partial charge in [0.2, 0.25) is 10.0 Å². The van der Waals surface area contributed by atoms with Gasteiger partial charge in [0.1, 0.15) is 22.9 Å². The van der Waals surface area contributed by atoms with E-state index in [0.717, 1.165) is 17.7 Å². The predicted molar refractivity (Wildman–Crippen MR) is 67.3 cm³/mol. The molecule has 0 aliphatic heterocycles. The van der Waals surface area contributed by atoms with Gasteiger partial charge in [0.05, 0.1) is 0 Å². The minimum absolute atomic E-state index is 0.0334. The Morgan fingerprint density at radius 3 is 2.55 bits per heavy atom. The van der Waals surface area contributed by atoms with Crippen LogP contribution in [0.3, 0.4) is 0 Å². The Bertz CT molecular complexity index is 693. The van der Waals surface area contributed by atoms with E-state index in [0.29, 0.717) is 12.5 Å². The van der Waals surface area contributed by atoms with Crippen molar-refractivity contribution >= 4 is 10.0 Å². The van der Waals surface area contributed by atoms with Crippen LogP contribution in [0, 0.1) is 11.6 Å². The molecule has 0 aliphatic rings. The third-order valence-corrected chi connectivity index (χ3v) is 3.98. The van der Waals surface area contributed by atoms with Gasteiger partial charge in [0.25, 0.3) is 0 Å². The van der Waals surface area contributed by atoms with E-state index in [9.17, 15) is 17.2 Å². The van der Waals surface area contributed by atoms with Crippen LogP contribution in [0.1, 0.15) is 5.56 Å². The monoisotopic (exact) mass is 299 g/mol. The van der Waals surface area contributed by atoms with E-state index in [-0.39, 0.29) is 6.54 Å². The maximum atomic E-state index is 13.4. The summed E-state index contributed by atoms with van der Waals surface area (Å²) in [6.07, 6.45) is 4.79. The molecule has 20 heavy (non-hydrogen) atoms. The maximum Gasteiger partial charge on any atom is 0.243 e. The second-order valence-electron chi connectivity index (χ2n) is 3.97. The lowest BCUT2D eigenvalue weighted by atomic mass is 10.2. The van der Waals surface area contributed by atoms with Crippen LogP contribution in [0.4, 0.5) is 8.78 Å². The van der Waals surface area contributed by atoms with Gasteiger partial charge in [-0.15, -0.1) is 0 Å². The fourth-order valence-electron chi connectivity index (χ4n) is 1.55. The largest absolute Gasteiger partial charge is 0.245 e. The third kappa shape index (κ3) is 3.55. The molecule has 5 nitrogen and oxygen atoms in total. The highest BCUT2D eigenvalue weighted by molar-refractivity contribution is 7.89. The van der Waals surface area contributed by atoms with Crippen LogP contribution in [0.15, 0.2) is 41.8 Å². The summed E-state index contributed by atoms with van der Waals surface area (Å²) in [4.78, 5) is 6.86. The van der Waals surface area contributed by atoms with Crippen molar-refractivity contribution in [3.63, 3.8) is 0 Å². The van der Waals surface area contributed by atoms with Crippen molar-refractivity contribution in [2.45, 2.75) is 11.3 Å². The van der Waals surface area contributed by atoms with Crippen molar-refractivity contribution in [1.29, 1.82) is 0 Å². The molecule has 106 valence electrons. The Labute approximate surface area is 114 Å². The van der Waals surface area contributed by atoms with E-state index in [2.05, 4.69) is 14.7 Å². The van der Waals surface area contributed by atoms with Gasteiger partial charge in [0.15, 0.2) is 0 Å². The highest BCUT2D eigenvalue weighted by Crippen LogP contribution is 2.15. The van der Waals surface area contributed by atoms with Gasteiger partial charge in [-0.25, -0.2) is 31.9 Å². The summed E-state index contributed by atoms with van der Waals surface area (Å²) in [6, 6.07) is 2.27. The molecule has 8 heteroatoms. The average molecular weight is 299 g/mol. The molecule has 0 atom stereocenters. The van der Waals surface area contributed by atoms with E-state index in [1.54, 1.807) is 12.4 Å². The van der Waals surface area contributed by atoms with Crippen LogP contribution >= 0.6 is 0 Å². The molecule has 0 fully saturated rings. The van der Waals surface area contributed by atoms with E-state index >= 15 is 0 Å². The first-order chi connectivity index (χ1) is 9.49. The topological polar surface area (TPSA) is 72.0 Å². The van der Waals surface area contributed by atoms with Crippen molar-refractivity contribution < 1.29 is 17.2 Å². The normalized spacial score (nSPS) is 11.5. The fraction of sp³-hybridized carbons (Fsp3) is 0.167. The molecule has 0 amide bonds. The average Bonchev–Trinajstić information content (AvgIpc) is 2.42. The van der Waals surface area contributed by atoms with E-state index in [1.165, 1.54) is 6.33 Å². The Hall–Kier alpha value is -1.93. The van der Waals surface area contributed by atoms with Crippen molar-refractivity contribution in [1.82, 2.24) is 14.7 Å². The first-order valence-corrected chi connectivity index (χ1v) is 7.16. The Balaban J connectivity index is 2.06. The lowest BCUT2D eigenvalue weighted by Gasteiger charge is -2.07. The summed E-state index contributed by atoms with van der Waals surface area (Å²) in [5, 5.41) is 0. The molecule has 0 aliphatic carbocycles. The van der Waals surface area contributed by atoms with E-state index in [1.807, 2.05) is 0 Å². The molecule has 0 radical (unpaired) electrons. The maximum absolute atomic E-state index is 13.4. The van der Waals surface area contributed by atoms with Gasteiger partial charge in [-0.2, -0.15) is 0 Å². The second kappa shape index (κ2) is 6.02. The van der Waals surface area contributed by atoms with E-state index < -0.39 is 26.6 Å². The van der Waals surface area contributed by atoms with Gasteiger partial charge >= 0.3 is 0 Å². The molecule has 0 spiro atoms. The molecule has 1 heterocycles. The van der Waals surface area contributed by atoms with Gasteiger partial charge in [-0.3, -0.25) is 0 Å². The van der Waals surface area contributed by atoms with Gasteiger partial charge in [0, 0.05) is 18.9 Å². The number of sulfonamides is 1. The molecular formula is C12H11F2N3O2S. The molecule has 2 rings (SSSR count). The molecule has 0 saturated carbocycles. The molecule has 0 unspecified atom stereocenters.